The molecule has 0 saturated carbocycles. The molecule has 0 amide bonds. The fourth-order valence-electron chi connectivity index (χ4n) is 2.62. The number of hydrogen-bond acceptors (Lipinski definition) is 4. The van der Waals surface area contributed by atoms with Gasteiger partial charge in [-0.1, -0.05) is 0 Å². The molecule has 0 aliphatic carbocycles. The van der Waals surface area contributed by atoms with Gasteiger partial charge in [-0.3, -0.25) is 4.90 Å². The smallest absolute Gasteiger partial charge is 0.357 e. The summed E-state index contributed by atoms with van der Waals surface area (Å²) in [5, 5.41) is 5.70. The van der Waals surface area contributed by atoms with Crippen LogP contribution in [0.2, 0.25) is 0 Å². The van der Waals surface area contributed by atoms with Gasteiger partial charge < -0.3 is 5.32 Å². The first-order valence-corrected chi connectivity index (χ1v) is 8.04. The van der Waals surface area contributed by atoms with Crippen molar-refractivity contribution in [2.45, 2.75) is 18.6 Å². The van der Waals surface area contributed by atoms with Gasteiger partial charge in [-0.15, -0.1) is 11.3 Å². The first-order chi connectivity index (χ1) is 10.9. The van der Waals surface area contributed by atoms with Crippen LogP contribution in [-0.2, 0) is 0 Å². The van der Waals surface area contributed by atoms with Crippen molar-refractivity contribution in [3.63, 3.8) is 0 Å². The SMILES string of the molecule is Fc1ccc(-c2csc(NC3CCN(CC(F)(F)F)C3)n2)cc1. The number of nitrogens with one attached hydrogen (secondary N) is 1. The van der Waals surface area contributed by atoms with Crippen LogP contribution in [0.1, 0.15) is 6.42 Å². The van der Waals surface area contributed by atoms with E-state index in [1.807, 2.05) is 5.38 Å². The van der Waals surface area contributed by atoms with E-state index in [0.717, 1.165) is 11.3 Å². The van der Waals surface area contributed by atoms with E-state index in [9.17, 15) is 17.6 Å². The summed E-state index contributed by atoms with van der Waals surface area (Å²) in [5.41, 5.74) is 1.53. The molecular formula is C15H15F4N3S. The number of nitrogens with zero attached hydrogens (tertiary/aromatic N) is 2. The van der Waals surface area contributed by atoms with Gasteiger partial charge >= 0.3 is 6.18 Å². The molecule has 8 heteroatoms. The highest BCUT2D eigenvalue weighted by molar-refractivity contribution is 7.14. The molecule has 1 fully saturated rings. The molecule has 23 heavy (non-hydrogen) atoms. The largest absolute Gasteiger partial charge is 0.401 e. The lowest BCUT2D eigenvalue weighted by Gasteiger charge is -2.17. The normalized spacial score (nSPS) is 19.2. The van der Waals surface area contributed by atoms with E-state index in [1.165, 1.54) is 28.4 Å². The maximum Gasteiger partial charge on any atom is 0.401 e. The Morgan fingerprint density at radius 1 is 1.26 bits per heavy atom. The summed E-state index contributed by atoms with van der Waals surface area (Å²) in [7, 11) is 0. The highest BCUT2D eigenvalue weighted by Gasteiger charge is 2.34. The highest BCUT2D eigenvalue weighted by atomic mass is 32.1. The summed E-state index contributed by atoms with van der Waals surface area (Å²) >= 11 is 1.39. The summed E-state index contributed by atoms with van der Waals surface area (Å²) in [6.45, 7) is -0.0950. The van der Waals surface area contributed by atoms with Crippen molar-refractivity contribution in [2.24, 2.45) is 0 Å². The molecule has 1 saturated heterocycles. The lowest BCUT2D eigenvalue weighted by Crippen LogP contribution is -2.34. The van der Waals surface area contributed by atoms with Crippen molar-refractivity contribution in [2.75, 3.05) is 25.0 Å². The first-order valence-electron chi connectivity index (χ1n) is 7.16. The molecular weight excluding hydrogens is 330 g/mol. The van der Waals surface area contributed by atoms with Crippen LogP contribution in [0.15, 0.2) is 29.6 Å². The van der Waals surface area contributed by atoms with Crippen LogP contribution < -0.4 is 5.32 Å². The number of likely N-dealkylation sites (tertiary alicyclic amines) is 1. The van der Waals surface area contributed by atoms with E-state index in [1.54, 1.807) is 12.1 Å². The van der Waals surface area contributed by atoms with E-state index in [-0.39, 0.29) is 11.9 Å². The summed E-state index contributed by atoms with van der Waals surface area (Å²) in [6, 6.07) is 6.00. The van der Waals surface area contributed by atoms with Crippen molar-refractivity contribution < 1.29 is 17.6 Å². The molecule has 2 aromatic rings. The topological polar surface area (TPSA) is 28.2 Å². The van der Waals surface area contributed by atoms with Gasteiger partial charge in [0.15, 0.2) is 5.13 Å². The number of aromatic nitrogens is 1. The van der Waals surface area contributed by atoms with E-state index >= 15 is 0 Å². The zero-order valence-electron chi connectivity index (χ0n) is 12.1. The minimum Gasteiger partial charge on any atom is -0.357 e. The average Bonchev–Trinajstić information content (AvgIpc) is 3.08. The summed E-state index contributed by atoms with van der Waals surface area (Å²) in [5.74, 6) is -0.307. The Bertz CT molecular complexity index is 653. The highest BCUT2D eigenvalue weighted by Crippen LogP contribution is 2.27. The number of hydrogen-bond donors (Lipinski definition) is 1. The second kappa shape index (κ2) is 6.45. The summed E-state index contributed by atoms with van der Waals surface area (Å²) in [6.07, 6.45) is -3.51. The molecule has 1 atom stereocenters. The van der Waals surface area contributed by atoms with Gasteiger partial charge in [-0.2, -0.15) is 13.2 Å². The van der Waals surface area contributed by atoms with Crippen LogP contribution in [0, 0.1) is 5.82 Å². The molecule has 2 heterocycles. The van der Waals surface area contributed by atoms with Crippen molar-refractivity contribution >= 4 is 16.5 Å². The zero-order chi connectivity index (χ0) is 16.4. The van der Waals surface area contributed by atoms with Gasteiger partial charge in [0, 0.05) is 30.1 Å². The van der Waals surface area contributed by atoms with Crippen LogP contribution in [-0.4, -0.2) is 41.7 Å². The molecule has 0 bridgehead atoms. The van der Waals surface area contributed by atoms with Crippen LogP contribution >= 0.6 is 11.3 Å². The predicted molar refractivity (Wildman–Crippen MR) is 82.0 cm³/mol. The molecule has 1 aromatic carbocycles. The van der Waals surface area contributed by atoms with Crippen molar-refractivity contribution in [1.82, 2.24) is 9.88 Å². The molecule has 1 N–H and O–H groups in total. The summed E-state index contributed by atoms with van der Waals surface area (Å²) < 4.78 is 50.1. The molecule has 1 aliphatic rings. The molecule has 124 valence electrons. The van der Waals surface area contributed by atoms with Gasteiger partial charge in [0.05, 0.1) is 12.2 Å². The molecule has 3 rings (SSSR count). The van der Waals surface area contributed by atoms with Gasteiger partial charge in [0.1, 0.15) is 5.82 Å². The minimum absolute atomic E-state index is 0.0374. The fourth-order valence-corrected chi connectivity index (χ4v) is 3.41. The third-order valence-corrected chi connectivity index (χ3v) is 4.42. The van der Waals surface area contributed by atoms with Crippen LogP contribution in [0.5, 0.6) is 0 Å². The number of alkyl halides is 3. The first kappa shape index (κ1) is 16.2. The Hall–Kier alpha value is -1.67. The maximum atomic E-state index is 12.9. The van der Waals surface area contributed by atoms with Crippen LogP contribution in [0.4, 0.5) is 22.7 Å². The molecule has 3 nitrogen and oxygen atoms in total. The Labute approximate surface area is 135 Å². The zero-order valence-corrected chi connectivity index (χ0v) is 12.9. The van der Waals surface area contributed by atoms with Gasteiger partial charge in [-0.05, 0) is 30.7 Å². The second-order valence-corrected chi connectivity index (χ2v) is 6.38. The van der Waals surface area contributed by atoms with Crippen molar-refractivity contribution in [1.29, 1.82) is 0 Å². The van der Waals surface area contributed by atoms with Crippen LogP contribution in [0.3, 0.4) is 0 Å². The van der Waals surface area contributed by atoms with Gasteiger partial charge in [0.2, 0.25) is 0 Å². The molecule has 0 radical (unpaired) electrons. The van der Waals surface area contributed by atoms with E-state index in [4.69, 9.17) is 0 Å². The Kier molecular flexibility index (Phi) is 4.54. The maximum absolute atomic E-state index is 12.9. The number of anilines is 1. The number of benzene rings is 1. The molecule has 1 aromatic heterocycles. The molecule has 0 spiro atoms. The third kappa shape index (κ3) is 4.42. The lowest BCUT2D eigenvalue weighted by molar-refractivity contribution is -0.143. The summed E-state index contributed by atoms with van der Waals surface area (Å²) in [4.78, 5) is 5.81. The average molecular weight is 345 g/mol. The quantitative estimate of drug-likeness (QED) is 0.849. The second-order valence-electron chi connectivity index (χ2n) is 5.53. The van der Waals surface area contributed by atoms with Crippen molar-refractivity contribution in [3.05, 3.63) is 35.5 Å². The number of thiazole rings is 1. The van der Waals surface area contributed by atoms with Gasteiger partial charge in [-0.25, -0.2) is 9.37 Å². The lowest BCUT2D eigenvalue weighted by atomic mass is 10.2. The monoisotopic (exact) mass is 345 g/mol. The number of halogens is 4. The van der Waals surface area contributed by atoms with E-state index < -0.39 is 12.7 Å². The standard InChI is InChI=1S/C15H15F4N3S/c16-11-3-1-10(2-4-11)13-8-23-14(21-13)20-12-5-6-22(7-12)9-15(17,18)19/h1-4,8,12H,5-7,9H2,(H,20,21). The Morgan fingerprint density at radius 2 is 2.00 bits per heavy atom. The minimum atomic E-state index is -4.16. The number of rotatable bonds is 4. The van der Waals surface area contributed by atoms with Gasteiger partial charge in [0.25, 0.3) is 0 Å². The third-order valence-electron chi connectivity index (χ3n) is 3.65. The Balaban J connectivity index is 1.58. The van der Waals surface area contributed by atoms with Crippen LogP contribution in [0.25, 0.3) is 11.3 Å². The van der Waals surface area contributed by atoms with E-state index in [0.29, 0.717) is 24.6 Å². The predicted octanol–water partition coefficient (Wildman–Crippen LogP) is 4.00. The van der Waals surface area contributed by atoms with Crippen molar-refractivity contribution in [3.8, 4) is 11.3 Å². The Morgan fingerprint density at radius 3 is 2.70 bits per heavy atom. The molecule has 1 aliphatic heterocycles. The van der Waals surface area contributed by atoms with E-state index in [2.05, 4.69) is 10.3 Å². The fraction of sp³-hybridized carbons (Fsp3) is 0.400. The molecule has 1 unspecified atom stereocenters.